The van der Waals surface area contributed by atoms with Gasteiger partial charge in [0.2, 0.25) is 11.9 Å². The number of carbonyl (C=O) groups is 1. The van der Waals surface area contributed by atoms with E-state index in [1.807, 2.05) is 0 Å². The number of carbonyl (C=O) groups excluding carboxylic acids is 1. The number of amides is 1. The van der Waals surface area contributed by atoms with Crippen molar-refractivity contribution in [3.63, 3.8) is 0 Å². The summed E-state index contributed by atoms with van der Waals surface area (Å²) in [6, 6.07) is 1.74. The van der Waals surface area contributed by atoms with E-state index in [0.29, 0.717) is 32.1 Å². The van der Waals surface area contributed by atoms with Crippen LogP contribution in [-0.2, 0) is 9.53 Å². The van der Waals surface area contributed by atoms with Gasteiger partial charge in [-0.2, -0.15) is 0 Å². The first-order valence-electron chi connectivity index (χ1n) is 5.09. The van der Waals surface area contributed by atoms with Gasteiger partial charge in [-0.25, -0.2) is 9.97 Å². The van der Waals surface area contributed by atoms with Gasteiger partial charge in [0.05, 0.1) is 6.61 Å². The third-order valence-corrected chi connectivity index (χ3v) is 1.83. The SMILES string of the molecule is COCCNC(=O)CCNc1ncccn1. The van der Waals surface area contributed by atoms with Crippen LogP contribution in [0.1, 0.15) is 6.42 Å². The molecule has 0 saturated carbocycles. The van der Waals surface area contributed by atoms with Crippen LogP contribution >= 0.6 is 0 Å². The van der Waals surface area contributed by atoms with Gasteiger partial charge in [0.25, 0.3) is 0 Å². The summed E-state index contributed by atoms with van der Waals surface area (Å²) in [6.45, 7) is 1.58. The van der Waals surface area contributed by atoms with Crippen molar-refractivity contribution in [3.8, 4) is 0 Å². The molecule has 2 N–H and O–H groups in total. The Kier molecular flexibility index (Phi) is 5.87. The van der Waals surface area contributed by atoms with Crippen LogP contribution in [-0.4, -0.2) is 42.7 Å². The number of rotatable bonds is 7. The maximum Gasteiger partial charge on any atom is 0.222 e. The van der Waals surface area contributed by atoms with Crippen molar-refractivity contribution in [3.05, 3.63) is 18.5 Å². The summed E-state index contributed by atoms with van der Waals surface area (Å²) in [7, 11) is 1.60. The third kappa shape index (κ3) is 5.26. The Morgan fingerprint density at radius 3 is 2.81 bits per heavy atom. The predicted molar refractivity (Wildman–Crippen MR) is 60.0 cm³/mol. The second kappa shape index (κ2) is 7.58. The normalized spacial score (nSPS) is 9.81. The predicted octanol–water partition coefficient (Wildman–Crippen LogP) is 0.0412. The first kappa shape index (κ1) is 12.4. The number of methoxy groups -OCH3 is 1. The largest absolute Gasteiger partial charge is 0.383 e. The number of aromatic nitrogens is 2. The second-order valence-corrected chi connectivity index (χ2v) is 3.09. The lowest BCUT2D eigenvalue weighted by Crippen LogP contribution is -2.28. The molecule has 1 aromatic heterocycles. The van der Waals surface area contributed by atoms with E-state index in [9.17, 15) is 4.79 Å². The highest BCUT2D eigenvalue weighted by Crippen LogP contribution is 1.93. The molecule has 1 heterocycles. The number of anilines is 1. The molecule has 0 spiro atoms. The Morgan fingerprint density at radius 2 is 2.12 bits per heavy atom. The van der Waals surface area contributed by atoms with E-state index >= 15 is 0 Å². The van der Waals surface area contributed by atoms with Crippen LogP contribution in [0, 0.1) is 0 Å². The van der Waals surface area contributed by atoms with Crippen molar-refractivity contribution < 1.29 is 9.53 Å². The fraction of sp³-hybridized carbons (Fsp3) is 0.500. The van der Waals surface area contributed by atoms with Gasteiger partial charge in [0.1, 0.15) is 0 Å². The average molecular weight is 224 g/mol. The van der Waals surface area contributed by atoms with Gasteiger partial charge in [-0.3, -0.25) is 4.79 Å². The van der Waals surface area contributed by atoms with Crippen molar-refractivity contribution in [1.82, 2.24) is 15.3 Å². The number of hydrogen-bond donors (Lipinski definition) is 2. The molecule has 0 atom stereocenters. The summed E-state index contributed by atoms with van der Waals surface area (Å²) >= 11 is 0. The maximum atomic E-state index is 11.3. The number of nitrogens with zero attached hydrogens (tertiary/aromatic N) is 2. The molecule has 0 aliphatic rings. The minimum atomic E-state index is -0.0134. The van der Waals surface area contributed by atoms with E-state index in [0.717, 1.165) is 0 Å². The Hall–Kier alpha value is -1.69. The van der Waals surface area contributed by atoms with Crippen molar-refractivity contribution in [2.24, 2.45) is 0 Å². The van der Waals surface area contributed by atoms with Gasteiger partial charge < -0.3 is 15.4 Å². The highest BCUT2D eigenvalue weighted by molar-refractivity contribution is 5.76. The summed E-state index contributed by atoms with van der Waals surface area (Å²) in [6.07, 6.45) is 3.68. The fourth-order valence-corrected chi connectivity index (χ4v) is 1.06. The van der Waals surface area contributed by atoms with Crippen molar-refractivity contribution in [2.75, 3.05) is 32.1 Å². The lowest BCUT2D eigenvalue weighted by Gasteiger charge is -2.05. The van der Waals surface area contributed by atoms with Gasteiger partial charge in [-0.15, -0.1) is 0 Å². The Bertz CT molecular complexity index is 305. The fourth-order valence-electron chi connectivity index (χ4n) is 1.06. The minimum Gasteiger partial charge on any atom is -0.383 e. The van der Waals surface area contributed by atoms with Crippen LogP contribution in [0.4, 0.5) is 5.95 Å². The summed E-state index contributed by atoms with van der Waals surface area (Å²) in [5, 5.41) is 5.68. The minimum absolute atomic E-state index is 0.0134. The molecule has 1 aromatic rings. The molecule has 6 heteroatoms. The number of nitrogens with one attached hydrogen (secondary N) is 2. The van der Waals surface area contributed by atoms with Crippen molar-refractivity contribution >= 4 is 11.9 Å². The van der Waals surface area contributed by atoms with E-state index < -0.39 is 0 Å². The molecule has 1 rings (SSSR count). The van der Waals surface area contributed by atoms with Crippen LogP contribution < -0.4 is 10.6 Å². The third-order valence-electron chi connectivity index (χ3n) is 1.83. The quantitative estimate of drug-likeness (QED) is 0.640. The molecule has 0 fully saturated rings. The molecule has 0 radical (unpaired) electrons. The number of hydrogen-bond acceptors (Lipinski definition) is 5. The highest BCUT2D eigenvalue weighted by Gasteiger charge is 2.00. The van der Waals surface area contributed by atoms with Gasteiger partial charge in [0.15, 0.2) is 0 Å². The molecular weight excluding hydrogens is 208 g/mol. The van der Waals surface area contributed by atoms with Crippen LogP contribution in [0.5, 0.6) is 0 Å². The first-order valence-corrected chi connectivity index (χ1v) is 5.09. The standard InChI is InChI=1S/C10H16N4O2/c1-16-8-7-11-9(15)3-6-14-10-12-4-2-5-13-10/h2,4-5H,3,6-8H2,1H3,(H,11,15)(H,12,13,14). The van der Waals surface area contributed by atoms with Gasteiger partial charge >= 0.3 is 0 Å². The molecule has 0 bridgehead atoms. The molecule has 1 amide bonds. The smallest absolute Gasteiger partial charge is 0.222 e. The lowest BCUT2D eigenvalue weighted by molar-refractivity contribution is -0.121. The van der Waals surface area contributed by atoms with Gasteiger partial charge in [0, 0.05) is 39.0 Å². The lowest BCUT2D eigenvalue weighted by atomic mass is 10.4. The second-order valence-electron chi connectivity index (χ2n) is 3.09. The monoisotopic (exact) mass is 224 g/mol. The Balaban J connectivity index is 2.09. The van der Waals surface area contributed by atoms with Gasteiger partial charge in [-0.05, 0) is 6.07 Å². The van der Waals surface area contributed by atoms with Crippen LogP contribution in [0.3, 0.4) is 0 Å². The molecule has 0 aliphatic carbocycles. The maximum absolute atomic E-state index is 11.3. The zero-order valence-electron chi connectivity index (χ0n) is 9.27. The van der Waals surface area contributed by atoms with Crippen molar-refractivity contribution in [1.29, 1.82) is 0 Å². The summed E-state index contributed by atoms with van der Waals surface area (Å²) in [5.41, 5.74) is 0. The van der Waals surface area contributed by atoms with E-state index in [4.69, 9.17) is 4.74 Å². The Labute approximate surface area is 94.4 Å². The number of ether oxygens (including phenoxy) is 1. The van der Waals surface area contributed by atoms with E-state index in [2.05, 4.69) is 20.6 Å². The molecule has 0 unspecified atom stereocenters. The summed E-state index contributed by atoms with van der Waals surface area (Å²) in [5.74, 6) is 0.521. The molecule has 0 aromatic carbocycles. The molecule has 6 nitrogen and oxygen atoms in total. The topological polar surface area (TPSA) is 76.1 Å². The van der Waals surface area contributed by atoms with E-state index in [1.165, 1.54) is 0 Å². The van der Waals surface area contributed by atoms with E-state index in [-0.39, 0.29) is 5.91 Å². The summed E-state index contributed by atoms with van der Waals surface area (Å²) < 4.78 is 4.82. The van der Waals surface area contributed by atoms with Crippen LogP contribution in [0.15, 0.2) is 18.5 Å². The van der Waals surface area contributed by atoms with E-state index in [1.54, 1.807) is 25.6 Å². The average Bonchev–Trinajstić information content (AvgIpc) is 2.31. The molecule has 88 valence electrons. The summed E-state index contributed by atoms with van der Waals surface area (Å²) in [4.78, 5) is 19.2. The highest BCUT2D eigenvalue weighted by atomic mass is 16.5. The molecule has 0 saturated heterocycles. The van der Waals surface area contributed by atoms with Crippen molar-refractivity contribution in [2.45, 2.75) is 6.42 Å². The Morgan fingerprint density at radius 1 is 1.38 bits per heavy atom. The van der Waals surface area contributed by atoms with Gasteiger partial charge in [-0.1, -0.05) is 0 Å². The van der Waals surface area contributed by atoms with Crippen LogP contribution in [0.2, 0.25) is 0 Å². The molecule has 0 aliphatic heterocycles. The molecular formula is C10H16N4O2. The first-order chi connectivity index (χ1) is 7.83. The van der Waals surface area contributed by atoms with Crippen LogP contribution in [0.25, 0.3) is 0 Å². The molecule has 16 heavy (non-hydrogen) atoms. The zero-order valence-corrected chi connectivity index (χ0v) is 9.27. The zero-order chi connectivity index (χ0) is 11.6.